The minimum atomic E-state index is 1.03. The maximum atomic E-state index is 4.49. The highest BCUT2D eigenvalue weighted by Gasteiger charge is 1.98. The van der Waals surface area contributed by atoms with Crippen LogP contribution in [0.2, 0.25) is 0 Å². The number of benzene rings is 1. The molecule has 94 valence electrons. The van der Waals surface area contributed by atoms with Crippen molar-refractivity contribution in [3.8, 4) is 0 Å². The number of rotatable bonds is 5. The predicted octanol–water partition coefficient (Wildman–Crippen LogP) is 3.64. The molecular formula is C16H20N2. The molecule has 0 aliphatic heterocycles. The highest BCUT2D eigenvalue weighted by molar-refractivity contribution is 5.82. The van der Waals surface area contributed by atoms with Crippen molar-refractivity contribution < 1.29 is 0 Å². The molecule has 0 unspecified atom stereocenters. The lowest BCUT2D eigenvalue weighted by Crippen LogP contribution is -2.13. The normalized spacial score (nSPS) is 12.0. The molecule has 0 radical (unpaired) electrons. The van der Waals surface area contributed by atoms with Gasteiger partial charge < -0.3 is 5.32 Å². The Hall–Kier alpha value is -1.67. The second-order valence-corrected chi connectivity index (χ2v) is 4.45. The maximum Gasteiger partial charge on any atom is 0.0702 e. The van der Waals surface area contributed by atoms with Crippen molar-refractivity contribution >= 4 is 16.5 Å². The first-order valence-corrected chi connectivity index (χ1v) is 6.54. The van der Waals surface area contributed by atoms with E-state index < -0.39 is 0 Å². The van der Waals surface area contributed by atoms with Gasteiger partial charge in [-0.05, 0) is 49.7 Å². The van der Waals surface area contributed by atoms with Crippen LogP contribution in [0, 0.1) is 0 Å². The molecule has 0 saturated carbocycles. The minimum absolute atomic E-state index is 1.03. The molecule has 0 atom stereocenters. The summed E-state index contributed by atoms with van der Waals surface area (Å²) in [5.74, 6) is 0. The van der Waals surface area contributed by atoms with E-state index >= 15 is 0 Å². The van der Waals surface area contributed by atoms with Gasteiger partial charge in [-0.2, -0.15) is 0 Å². The van der Waals surface area contributed by atoms with Crippen LogP contribution in [0.15, 0.2) is 42.6 Å². The fraction of sp³-hybridized carbons (Fsp3) is 0.312. The van der Waals surface area contributed by atoms with E-state index in [0.717, 1.165) is 25.0 Å². The third kappa shape index (κ3) is 3.17. The summed E-state index contributed by atoms with van der Waals surface area (Å²) in [6.07, 6.45) is 5.29. The van der Waals surface area contributed by atoms with Crippen molar-refractivity contribution in [1.82, 2.24) is 10.3 Å². The molecule has 0 saturated heterocycles. The molecule has 0 aliphatic carbocycles. The molecule has 0 amide bonds. The summed E-state index contributed by atoms with van der Waals surface area (Å²) in [6.45, 7) is 6.35. The summed E-state index contributed by atoms with van der Waals surface area (Å²) in [4.78, 5) is 4.49. The number of nitrogens with one attached hydrogen (secondary N) is 1. The highest BCUT2D eigenvalue weighted by Crippen LogP contribution is 2.18. The smallest absolute Gasteiger partial charge is 0.0702 e. The first kappa shape index (κ1) is 12.8. The second kappa shape index (κ2) is 6.31. The summed E-state index contributed by atoms with van der Waals surface area (Å²) >= 11 is 0. The SMILES string of the molecule is CCNCCC=C(C)c1cnc2ccccc2c1. The van der Waals surface area contributed by atoms with Crippen LogP contribution in [-0.2, 0) is 0 Å². The molecule has 2 nitrogen and oxygen atoms in total. The van der Waals surface area contributed by atoms with Crippen LogP contribution >= 0.6 is 0 Å². The monoisotopic (exact) mass is 240 g/mol. The fourth-order valence-electron chi connectivity index (χ4n) is 1.97. The number of hydrogen-bond acceptors (Lipinski definition) is 2. The lowest BCUT2D eigenvalue weighted by Gasteiger charge is -2.04. The third-order valence-corrected chi connectivity index (χ3v) is 3.07. The standard InChI is InChI=1S/C16H20N2/c1-3-17-10-6-7-13(2)15-11-14-8-4-5-9-16(14)18-12-15/h4-5,7-9,11-12,17H,3,6,10H2,1-2H3. The third-order valence-electron chi connectivity index (χ3n) is 3.07. The minimum Gasteiger partial charge on any atom is -0.317 e. The topological polar surface area (TPSA) is 24.9 Å². The average Bonchev–Trinajstić information content (AvgIpc) is 2.43. The van der Waals surface area contributed by atoms with Gasteiger partial charge in [0.1, 0.15) is 0 Å². The zero-order valence-corrected chi connectivity index (χ0v) is 11.1. The number of pyridine rings is 1. The number of allylic oxidation sites excluding steroid dienone is 1. The Kier molecular flexibility index (Phi) is 4.48. The molecule has 18 heavy (non-hydrogen) atoms. The maximum absolute atomic E-state index is 4.49. The quantitative estimate of drug-likeness (QED) is 0.807. The fourth-order valence-corrected chi connectivity index (χ4v) is 1.97. The van der Waals surface area contributed by atoms with Gasteiger partial charge in [0.15, 0.2) is 0 Å². The Morgan fingerprint density at radius 1 is 1.33 bits per heavy atom. The summed E-state index contributed by atoms with van der Waals surface area (Å²) in [5, 5.41) is 4.53. The molecule has 1 aromatic carbocycles. The zero-order chi connectivity index (χ0) is 12.8. The van der Waals surface area contributed by atoms with Crippen LogP contribution in [-0.4, -0.2) is 18.1 Å². The van der Waals surface area contributed by atoms with Crippen LogP contribution in [0.4, 0.5) is 0 Å². The van der Waals surface area contributed by atoms with Crippen molar-refractivity contribution in [2.45, 2.75) is 20.3 Å². The van der Waals surface area contributed by atoms with Crippen molar-refractivity contribution in [1.29, 1.82) is 0 Å². The van der Waals surface area contributed by atoms with Crippen molar-refractivity contribution in [2.24, 2.45) is 0 Å². The molecule has 1 heterocycles. The van der Waals surface area contributed by atoms with E-state index in [1.807, 2.05) is 18.3 Å². The van der Waals surface area contributed by atoms with E-state index in [2.05, 4.69) is 48.4 Å². The van der Waals surface area contributed by atoms with E-state index in [1.54, 1.807) is 0 Å². The van der Waals surface area contributed by atoms with Gasteiger partial charge in [-0.3, -0.25) is 4.98 Å². The van der Waals surface area contributed by atoms with Crippen LogP contribution < -0.4 is 5.32 Å². The molecule has 0 spiro atoms. The average molecular weight is 240 g/mol. The van der Waals surface area contributed by atoms with Gasteiger partial charge in [0.05, 0.1) is 5.52 Å². The Bertz CT molecular complexity index is 544. The molecule has 1 N–H and O–H groups in total. The van der Waals surface area contributed by atoms with Gasteiger partial charge in [-0.15, -0.1) is 0 Å². The van der Waals surface area contributed by atoms with Crippen LogP contribution in [0.1, 0.15) is 25.8 Å². The lowest BCUT2D eigenvalue weighted by atomic mass is 10.1. The van der Waals surface area contributed by atoms with E-state index in [-0.39, 0.29) is 0 Å². The first-order valence-electron chi connectivity index (χ1n) is 6.54. The van der Waals surface area contributed by atoms with E-state index in [9.17, 15) is 0 Å². The molecule has 2 aromatic rings. The Morgan fingerprint density at radius 2 is 2.17 bits per heavy atom. The molecule has 2 rings (SSSR count). The number of fused-ring (bicyclic) bond motifs is 1. The zero-order valence-electron chi connectivity index (χ0n) is 11.1. The Labute approximate surface area is 109 Å². The molecule has 0 bridgehead atoms. The van der Waals surface area contributed by atoms with Gasteiger partial charge in [-0.1, -0.05) is 31.2 Å². The number of para-hydroxylation sites is 1. The predicted molar refractivity (Wildman–Crippen MR) is 78.6 cm³/mol. The van der Waals surface area contributed by atoms with Gasteiger partial charge in [0, 0.05) is 11.6 Å². The molecule has 1 aromatic heterocycles. The number of aromatic nitrogens is 1. The number of hydrogen-bond donors (Lipinski definition) is 1. The van der Waals surface area contributed by atoms with Crippen LogP contribution in [0.25, 0.3) is 16.5 Å². The first-order chi connectivity index (χ1) is 8.81. The van der Waals surface area contributed by atoms with Crippen molar-refractivity contribution in [3.05, 3.63) is 48.2 Å². The van der Waals surface area contributed by atoms with E-state index in [0.29, 0.717) is 0 Å². The Morgan fingerprint density at radius 3 is 3.00 bits per heavy atom. The summed E-state index contributed by atoms with van der Waals surface area (Å²) in [6, 6.07) is 10.4. The van der Waals surface area contributed by atoms with Gasteiger partial charge in [0.25, 0.3) is 0 Å². The Balaban J connectivity index is 2.14. The van der Waals surface area contributed by atoms with Crippen molar-refractivity contribution in [3.63, 3.8) is 0 Å². The van der Waals surface area contributed by atoms with Gasteiger partial charge in [0.2, 0.25) is 0 Å². The molecule has 0 fully saturated rings. The highest BCUT2D eigenvalue weighted by atomic mass is 14.8. The van der Waals surface area contributed by atoms with Crippen LogP contribution in [0.5, 0.6) is 0 Å². The molecule has 0 aliphatic rings. The summed E-state index contributed by atoms with van der Waals surface area (Å²) in [5.41, 5.74) is 3.57. The summed E-state index contributed by atoms with van der Waals surface area (Å²) in [7, 11) is 0. The van der Waals surface area contributed by atoms with E-state index in [4.69, 9.17) is 0 Å². The number of nitrogens with zero attached hydrogens (tertiary/aromatic N) is 1. The largest absolute Gasteiger partial charge is 0.317 e. The molecule has 2 heteroatoms. The van der Waals surface area contributed by atoms with Gasteiger partial charge >= 0.3 is 0 Å². The van der Waals surface area contributed by atoms with Gasteiger partial charge in [-0.25, -0.2) is 0 Å². The molecular weight excluding hydrogens is 220 g/mol. The lowest BCUT2D eigenvalue weighted by molar-refractivity contribution is 0.727. The second-order valence-electron chi connectivity index (χ2n) is 4.45. The van der Waals surface area contributed by atoms with E-state index in [1.165, 1.54) is 16.5 Å². The van der Waals surface area contributed by atoms with Crippen LogP contribution in [0.3, 0.4) is 0 Å². The van der Waals surface area contributed by atoms with Crippen molar-refractivity contribution in [2.75, 3.05) is 13.1 Å². The summed E-state index contributed by atoms with van der Waals surface area (Å²) < 4.78 is 0.